The van der Waals surface area contributed by atoms with Crippen molar-refractivity contribution in [3.05, 3.63) is 36.0 Å². The molecule has 0 aliphatic carbocycles. The average molecular weight is 184 g/mol. The zero-order valence-electron chi connectivity index (χ0n) is 7.44. The third-order valence-electron chi connectivity index (χ3n) is 2.13. The van der Waals surface area contributed by atoms with E-state index in [1.807, 2.05) is 12.1 Å². The molecule has 2 rings (SSSR count). The van der Waals surface area contributed by atoms with Crippen LogP contribution in [0.15, 0.2) is 30.5 Å². The Morgan fingerprint density at radius 3 is 3.00 bits per heavy atom. The zero-order chi connectivity index (χ0) is 9.97. The molecule has 1 heterocycles. The van der Waals surface area contributed by atoms with Crippen molar-refractivity contribution < 1.29 is 5.11 Å². The lowest BCUT2D eigenvalue weighted by atomic mass is 10.1. The quantitative estimate of drug-likeness (QED) is 0.737. The summed E-state index contributed by atoms with van der Waals surface area (Å²) in [4.78, 5) is 4.14. The normalized spacial score (nSPS) is 9.93. The summed E-state index contributed by atoms with van der Waals surface area (Å²) in [7, 11) is 0. The minimum atomic E-state index is 0.159. The number of pyridine rings is 1. The standard InChI is InChI=1S/C11H8N2O/c12-6-5-9-8-2-1-7-13-10(8)3-4-11(9)14/h1-4,7,14H,5H2. The van der Waals surface area contributed by atoms with Crippen molar-refractivity contribution in [1.29, 1.82) is 5.26 Å². The summed E-state index contributed by atoms with van der Waals surface area (Å²) in [5.41, 5.74) is 1.45. The van der Waals surface area contributed by atoms with E-state index in [1.54, 1.807) is 24.4 Å². The topological polar surface area (TPSA) is 56.9 Å². The van der Waals surface area contributed by atoms with E-state index in [9.17, 15) is 5.11 Å². The molecule has 0 atom stereocenters. The van der Waals surface area contributed by atoms with E-state index in [0.717, 1.165) is 10.9 Å². The minimum absolute atomic E-state index is 0.159. The lowest BCUT2D eigenvalue weighted by Crippen LogP contribution is -1.87. The largest absolute Gasteiger partial charge is 0.508 e. The van der Waals surface area contributed by atoms with Gasteiger partial charge in [-0.25, -0.2) is 0 Å². The van der Waals surface area contributed by atoms with Crippen molar-refractivity contribution in [3.63, 3.8) is 0 Å². The second-order valence-corrected chi connectivity index (χ2v) is 2.97. The monoisotopic (exact) mass is 184 g/mol. The van der Waals surface area contributed by atoms with Gasteiger partial charge in [0.25, 0.3) is 0 Å². The molecule has 0 unspecified atom stereocenters. The SMILES string of the molecule is N#CCc1c(O)ccc2ncccc12. The van der Waals surface area contributed by atoms with Crippen molar-refractivity contribution in [2.45, 2.75) is 6.42 Å². The smallest absolute Gasteiger partial charge is 0.120 e. The van der Waals surface area contributed by atoms with Crippen LogP contribution < -0.4 is 0 Å². The molecule has 2 aromatic rings. The molecule has 1 aromatic carbocycles. The van der Waals surface area contributed by atoms with Crippen LogP contribution in [0.1, 0.15) is 5.56 Å². The molecular weight excluding hydrogens is 176 g/mol. The van der Waals surface area contributed by atoms with Crippen LogP contribution in [0.5, 0.6) is 5.75 Å². The summed E-state index contributed by atoms with van der Waals surface area (Å²) in [6.45, 7) is 0. The van der Waals surface area contributed by atoms with E-state index >= 15 is 0 Å². The van der Waals surface area contributed by atoms with E-state index in [-0.39, 0.29) is 12.2 Å². The molecule has 0 amide bonds. The maximum absolute atomic E-state index is 9.56. The van der Waals surface area contributed by atoms with Crippen LogP contribution in [0, 0.1) is 11.3 Å². The van der Waals surface area contributed by atoms with E-state index in [1.165, 1.54) is 0 Å². The Morgan fingerprint density at radius 1 is 1.36 bits per heavy atom. The number of hydrogen-bond donors (Lipinski definition) is 1. The molecule has 0 spiro atoms. The third-order valence-corrected chi connectivity index (χ3v) is 2.13. The Bertz CT molecular complexity index is 514. The third kappa shape index (κ3) is 1.27. The molecule has 0 bridgehead atoms. The summed E-state index contributed by atoms with van der Waals surface area (Å²) < 4.78 is 0. The van der Waals surface area contributed by atoms with Gasteiger partial charge in [0.2, 0.25) is 0 Å². The number of aromatic nitrogens is 1. The molecular formula is C11H8N2O. The summed E-state index contributed by atoms with van der Waals surface area (Å²) in [5, 5.41) is 19.0. The molecule has 0 saturated heterocycles. The average Bonchev–Trinajstić information content (AvgIpc) is 2.23. The van der Waals surface area contributed by atoms with Crippen LogP contribution in [0.4, 0.5) is 0 Å². The van der Waals surface area contributed by atoms with Crippen LogP contribution in [-0.2, 0) is 6.42 Å². The number of nitriles is 1. The van der Waals surface area contributed by atoms with Gasteiger partial charge < -0.3 is 5.11 Å². The fraction of sp³-hybridized carbons (Fsp3) is 0.0909. The van der Waals surface area contributed by atoms with Crippen LogP contribution in [-0.4, -0.2) is 10.1 Å². The first-order valence-corrected chi connectivity index (χ1v) is 4.25. The highest BCUT2D eigenvalue weighted by Gasteiger charge is 2.05. The van der Waals surface area contributed by atoms with Crippen molar-refractivity contribution >= 4 is 10.9 Å². The summed E-state index contributed by atoms with van der Waals surface area (Å²) in [6, 6.07) is 8.99. The van der Waals surface area contributed by atoms with Crippen LogP contribution in [0.25, 0.3) is 10.9 Å². The number of rotatable bonds is 1. The number of hydrogen-bond acceptors (Lipinski definition) is 3. The Kier molecular flexibility index (Phi) is 2.04. The molecule has 14 heavy (non-hydrogen) atoms. The molecule has 1 aromatic heterocycles. The maximum atomic E-state index is 9.56. The number of phenols is 1. The highest BCUT2D eigenvalue weighted by molar-refractivity contribution is 5.84. The molecule has 68 valence electrons. The fourth-order valence-corrected chi connectivity index (χ4v) is 1.47. The Labute approximate surface area is 81.2 Å². The van der Waals surface area contributed by atoms with Gasteiger partial charge in [-0.15, -0.1) is 0 Å². The summed E-state index contributed by atoms with van der Waals surface area (Å²) >= 11 is 0. The molecule has 1 N–H and O–H groups in total. The molecule has 0 radical (unpaired) electrons. The van der Waals surface area contributed by atoms with Gasteiger partial charge >= 0.3 is 0 Å². The van der Waals surface area contributed by atoms with Gasteiger partial charge in [-0.2, -0.15) is 5.26 Å². The van der Waals surface area contributed by atoms with Gasteiger partial charge in [0.05, 0.1) is 18.0 Å². The first kappa shape index (κ1) is 8.52. The lowest BCUT2D eigenvalue weighted by molar-refractivity contribution is 0.471. The van der Waals surface area contributed by atoms with Crippen LogP contribution >= 0.6 is 0 Å². The van der Waals surface area contributed by atoms with Crippen LogP contribution in [0.2, 0.25) is 0 Å². The number of benzene rings is 1. The predicted octanol–water partition coefficient (Wildman–Crippen LogP) is 2.01. The van der Waals surface area contributed by atoms with Gasteiger partial charge in [-0.3, -0.25) is 4.98 Å². The molecule has 0 fully saturated rings. The minimum Gasteiger partial charge on any atom is -0.508 e. The molecule has 0 saturated carbocycles. The Hall–Kier alpha value is -2.08. The van der Waals surface area contributed by atoms with E-state index < -0.39 is 0 Å². The Morgan fingerprint density at radius 2 is 2.21 bits per heavy atom. The van der Waals surface area contributed by atoms with Gasteiger partial charge in [-0.1, -0.05) is 6.07 Å². The van der Waals surface area contributed by atoms with Crippen LogP contribution in [0.3, 0.4) is 0 Å². The lowest BCUT2D eigenvalue weighted by Gasteiger charge is -2.04. The van der Waals surface area contributed by atoms with Crippen molar-refractivity contribution in [2.75, 3.05) is 0 Å². The van der Waals surface area contributed by atoms with Crippen molar-refractivity contribution in [1.82, 2.24) is 4.98 Å². The number of phenolic OH excluding ortho intramolecular Hbond substituents is 1. The highest BCUT2D eigenvalue weighted by atomic mass is 16.3. The number of nitrogens with zero attached hydrogens (tertiary/aromatic N) is 2. The first-order valence-electron chi connectivity index (χ1n) is 4.25. The fourth-order valence-electron chi connectivity index (χ4n) is 1.47. The van der Waals surface area contributed by atoms with Crippen molar-refractivity contribution in [3.8, 4) is 11.8 Å². The van der Waals surface area contributed by atoms with Gasteiger partial charge in [0, 0.05) is 17.1 Å². The number of aromatic hydroxyl groups is 1. The molecule has 3 nitrogen and oxygen atoms in total. The summed E-state index contributed by atoms with van der Waals surface area (Å²) in [6.07, 6.45) is 1.89. The first-order chi connectivity index (χ1) is 6.83. The van der Waals surface area contributed by atoms with Crippen molar-refractivity contribution in [2.24, 2.45) is 0 Å². The second kappa shape index (κ2) is 3.35. The summed E-state index contributed by atoms with van der Waals surface area (Å²) in [5.74, 6) is 0.159. The molecule has 3 heteroatoms. The molecule has 0 aliphatic heterocycles. The van der Waals surface area contributed by atoms with E-state index in [4.69, 9.17) is 5.26 Å². The van der Waals surface area contributed by atoms with E-state index in [2.05, 4.69) is 4.98 Å². The zero-order valence-corrected chi connectivity index (χ0v) is 7.44. The maximum Gasteiger partial charge on any atom is 0.120 e. The second-order valence-electron chi connectivity index (χ2n) is 2.97. The van der Waals surface area contributed by atoms with Gasteiger partial charge in [0.15, 0.2) is 0 Å². The predicted molar refractivity (Wildman–Crippen MR) is 52.7 cm³/mol. The number of fused-ring (bicyclic) bond motifs is 1. The van der Waals surface area contributed by atoms with Gasteiger partial charge in [-0.05, 0) is 18.2 Å². The molecule has 0 aliphatic rings. The van der Waals surface area contributed by atoms with Gasteiger partial charge in [0.1, 0.15) is 5.75 Å². The van der Waals surface area contributed by atoms with E-state index in [0.29, 0.717) is 5.56 Å². The highest BCUT2D eigenvalue weighted by Crippen LogP contribution is 2.25. The Balaban J connectivity index is 2.77.